The zero-order valence-corrected chi connectivity index (χ0v) is 27.2. The molecule has 12 nitrogen and oxygen atoms in total. The number of urea groups is 1. The minimum absolute atomic E-state index is 0.256. The minimum atomic E-state index is -0.771. The topological polar surface area (TPSA) is 148 Å². The van der Waals surface area contributed by atoms with Crippen molar-refractivity contribution in [2.24, 2.45) is 0 Å². The Hall–Kier alpha value is -5.39. The van der Waals surface area contributed by atoms with Crippen molar-refractivity contribution >= 4 is 29.5 Å². The predicted octanol–water partition coefficient (Wildman–Crippen LogP) is 6.53. The van der Waals surface area contributed by atoms with Crippen LogP contribution in [-0.4, -0.2) is 44.4 Å². The molecule has 0 saturated carbocycles. The number of hydrogen-bond donors (Lipinski definition) is 4. The Balaban J connectivity index is 1.39. The molecule has 4 N–H and O–H groups in total. The van der Waals surface area contributed by atoms with Gasteiger partial charge < -0.3 is 25.4 Å². The van der Waals surface area contributed by atoms with Crippen LogP contribution >= 0.6 is 0 Å². The molecule has 1 unspecified atom stereocenters. The molecule has 4 amide bonds. The first-order valence-corrected chi connectivity index (χ1v) is 14.9. The molecular formula is C34H41N7O5. The highest BCUT2D eigenvalue weighted by Gasteiger charge is 2.23. The fourth-order valence-electron chi connectivity index (χ4n) is 4.11. The Bertz CT molecular complexity index is 1640. The Morgan fingerprint density at radius 3 is 2.09 bits per heavy atom. The second kappa shape index (κ2) is 14.1. The quantitative estimate of drug-likeness (QED) is 0.165. The lowest BCUT2D eigenvalue weighted by Gasteiger charge is -2.21. The van der Waals surface area contributed by atoms with E-state index >= 15 is 0 Å². The van der Waals surface area contributed by atoms with Crippen LogP contribution in [0.4, 0.5) is 21.1 Å². The minimum Gasteiger partial charge on any atom is -0.457 e. The van der Waals surface area contributed by atoms with E-state index in [0.717, 1.165) is 16.9 Å². The van der Waals surface area contributed by atoms with Crippen LogP contribution in [-0.2, 0) is 21.5 Å². The van der Waals surface area contributed by atoms with Crippen molar-refractivity contribution in [1.29, 1.82) is 0 Å². The van der Waals surface area contributed by atoms with Gasteiger partial charge in [-0.05, 0) is 81.8 Å². The van der Waals surface area contributed by atoms with Gasteiger partial charge in [0.2, 0.25) is 5.91 Å². The van der Waals surface area contributed by atoms with Crippen molar-refractivity contribution in [1.82, 2.24) is 25.4 Å². The molecule has 0 aliphatic heterocycles. The van der Waals surface area contributed by atoms with Crippen LogP contribution in [0.1, 0.15) is 59.7 Å². The Morgan fingerprint density at radius 2 is 1.48 bits per heavy atom. The van der Waals surface area contributed by atoms with Gasteiger partial charge >= 0.3 is 12.1 Å². The normalized spacial score (nSPS) is 12.1. The van der Waals surface area contributed by atoms with E-state index in [4.69, 9.17) is 14.6 Å². The molecule has 2 aromatic carbocycles. The summed E-state index contributed by atoms with van der Waals surface area (Å²) in [6, 6.07) is 18.6. The Labute approximate surface area is 268 Å². The Kier molecular flexibility index (Phi) is 10.3. The van der Waals surface area contributed by atoms with E-state index in [9.17, 15) is 14.4 Å². The largest absolute Gasteiger partial charge is 0.457 e. The molecule has 0 saturated heterocycles. The number of carbonyl (C=O) groups is 3. The average molecular weight is 628 g/mol. The van der Waals surface area contributed by atoms with E-state index in [2.05, 4.69) is 26.3 Å². The van der Waals surface area contributed by atoms with Gasteiger partial charge in [-0.2, -0.15) is 5.10 Å². The van der Waals surface area contributed by atoms with Crippen molar-refractivity contribution in [3.05, 3.63) is 90.4 Å². The third-order valence-electron chi connectivity index (χ3n) is 6.49. The van der Waals surface area contributed by atoms with Crippen molar-refractivity contribution in [2.45, 2.75) is 72.1 Å². The molecule has 1 atom stereocenters. The fourth-order valence-corrected chi connectivity index (χ4v) is 4.11. The summed E-state index contributed by atoms with van der Waals surface area (Å²) in [7, 11) is 0. The van der Waals surface area contributed by atoms with Gasteiger partial charge in [0, 0.05) is 36.1 Å². The zero-order chi connectivity index (χ0) is 33.5. The number of amides is 4. The number of rotatable bonds is 9. The first-order valence-electron chi connectivity index (χ1n) is 14.9. The highest BCUT2D eigenvalue weighted by molar-refractivity contribution is 5.99. The van der Waals surface area contributed by atoms with Crippen LogP contribution in [0.15, 0.2) is 79.1 Å². The highest BCUT2D eigenvalue weighted by atomic mass is 16.6. The Morgan fingerprint density at radius 1 is 0.848 bits per heavy atom. The zero-order valence-electron chi connectivity index (χ0n) is 27.2. The number of carbonyl (C=O) groups excluding carboxylic acids is 3. The van der Waals surface area contributed by atoms with E-state index in [0.29, 0.717) is 23.0 Å². The molecule has 2 heterocycles. The van der Waals surface area contributed by atoms with Gasteiger partial charge in [-0.3, -0.25) is 15.1 Å². The number of ether oxygens (including phenoxy) is 2. The molecule has 0 bridgehead atoms. The lowest BCUT2D eigenvalue weighted by atomic mass is 9.92. The number of pyridine rings is 1. The second-order valence-electron chi connectivity index (χ2n) is 12.7. The maximum Gasteiger partial charge on any atom is 0.408 e. The number of anilines is 2. The lowest BCUT2D eigenvalue weighted by molar-refractivity contribution is -0.122. The summed E-state index contributed by atoms with van der Waals surface area (Å²) >= 11 is 0. The van der Waals surface area contributed by atoms with Gasteiger partial charge in [0.25, 0.3) is 0 Å². The van der Waals surface area contributed by atoms with E-state index in [1.807, 2.05) is 51.1 Å². The van der Waals surface area contributed by atoms with Crippen LogP contribution in [0.5, 0.6) is 11.5 Å². The van der Waals surface area contributed by atoms with Crippen LogP contribution < -0.4 is 26.0 Å². The first-order chi connectivity index (χ1) is 21.7. The SMILES string of the molecule is CC(NC(=O)OC(C)(C)C)C(=O)NCc1ccc(-n2nc(C(C)(C)C)cc2NC(=O)Nc2ccc(Oc3ccncc3)cc2)cc1. The standard InChI is InChI=1S/C34H41N7O5/c1-22(37-32(44)46-34(5,6)7)30(42)36-21-23-8-12-25(13-9-23)41-29(20-28(40-41)33(2,3)4)39-31(43)38-24-10-14-26(15-11-24)45-27-16-18-35-19-17-27/h8-20,22H,21H2,1-7H3,(H,36,42)(H,37,44)(H2,38,39,43). The van der Waals surface area contributed by atoms with Crippen molar-refractivity contribution in [3.63, 3.8) is 0 Å². The van der Waals surface area contributed by atoms with Crippen LogP contribution in [0.25, 0.3) is 5.69 Å². The van der Waals surface area contributed by atoms with E-state index in [-0.39, 0.29) is 17.9 Å². The molecule has 4 rings (SSSR count). The molecule has 0 fully saturated rings. The van der Waals surface area contributed by atoms with Crippen LogP contribution in [0.3, 0.4) is 0 Å². The maximum atomic E-state index is 13.0. The fraction of sp³-hybridized carbons (Fsp3) is 0.324. The molecular weight excluding hydrogens is 586 g/mol. The molecule has 0 aliphatic rings. The van der Waals surface area contributed by atoms with Crippen molar-refractivity contribution in [3.8, 4) is 17.2 Å². The average Bonchev–Trinajstić information content (AvgIpc) is 3.41. The van der Waals surface area contributed by atoms with Gasteiger partial charge in [0.1, 0.15) is 29.0 Å². The molecule has 12 heteroatoms. The second-order valence-corrected chi connectivity index (χ2v) is 12.7. The van der Waals surface area contributed by atoms with Crippen molar-refractivity contribution < 1.29 is 23.9 Å². The summed E-state index contributed by atoms with van der Waals surface area (Å²) in [5.41, 5.74) is 2.02. The monoisotopic (exact) mass is 627 g/mol. The number of hydrogen-bond acceptors (Lipinski definition) is 7. The number of nitrogens with one attached hydrogen (secondary N) is 4. The van der Waals surface area contributed by atoms with E-state index in [1.165, 1.54) is 0 Å². The highest BCUT2D eigenvalue weighted by Crippen LogP contribution is 2.27. The number of aromatic nitrogens is 3. The van der Waals surface area contributed by atoms with Crippen molar-refractivity contribution in [2.75, 3.05) is 10.6 Å². The first kappa shape index (κ1) is 33.5. The van der Waals surface area contributed by atoms with Gasteiger partial charge in [-0.25, -0.2) is 14.3 Å². The molecule has 4 aromatic rings. The molecule has 0 aliphatic carbocycles. The molecule has 0 spiro atoms. The van der Waals surface area contributed by atoms with Gasteiger partial charge in [-0.15, -0.1) is 0 Å². The molecule has 0 radical (unpaired) electrons. The predicted molar refractivity (Wildman–Crippen MR) is 176 cm³/mol. The van der Waals surface area contributed by atoms with Gasteiger partial charge in [0.05, 0.1) is 11.4 Å². The summed E-state index contributed by atoms with van der Waals surface area (Å²) in [4.78, 5) is 41.5. The smallest absolute Gasteiger partial charge is 0.408 e. The summed E-state index contributed by atoms with van der Waals surface area (Å²) in [6.45, 7) is 13.2. The lowest BCUT2D eigenvalue weighted by Crippen LogP contribution is -2.46. The third kappa shape index (κ3) is 9.81. The molecule has 46 heavy (non-hydrogen) atoms. The summed E-state index contributed by atoms with van der Waals surface area (Å²) in [6.07, 6.45) is 2.64. The number of alkyl carbamates (subject to hydrolysis) is 1. The van der Waals surface area contributed by atoms with Crippen LogP contribution in [0, 0.1) is 0 Å². The molecule has 242 valence electrons. The third-order valence-corrected chi connectivity index (χ3v) is 6.49. The maximum absolute atomic E-state index is 13.0. The van der Waals surface area contributed by atoms with E-state index in [1.54, 1.807) is 81.2 Å². The van der Waals surface area contributed by atoms with Gasteiger partial charge in [0.15, 0.2) is 0 Å². The number of benzene rings is 2. The van der Waals surface area contributed by atoms with E-state index < -0.39 is 23.8 Å². The number of nitrogens with zero attached hydrogens (tertiary/aromatic N) is 3. The molecule has 2 aromatic heterocycles. The van der Waals surface area contributed by atoms with Crippen LogP contribution in [0.2, 0.25) is 0 Å². The summed E-state index contributed by atoms with van der Waals surface area (Å²) in [5, 5.41) is 15.9. The van der Waals surface area contributed by atoms with Gasteiger partial charge in [-0.1, -0.05) is 32.9 Å². The summed E-state index contributed by atoms with van der Waals surface area (Å²) < 4.78 is 12.7. The summed E-state index contributed by atoms with van der Waals surface area (Å²) in [5.74, 6) is 1.43.